The average molecular weight is 450 g/mol. The Balaban J connectivity index is 1.28. The van der Waals surface area contributed by atoms with E-state index in [1.807, 2.05) is 12.1 Å². The fourth-order valence-corrected chi connectivity index (χ4v) is 5.01. The zero-order valence-electron chi connectivity index (χ0n) is 19.7. The zero-order chi connectivity index (χ0) is 23.2. The summed E-state index contributed by atoms with van der Waals surface area (Å²) in [6.45, 7) is 6.39. The number of aryl methyl sites for hydroxylation is 1. The topological polar surface area (TPSA) is 84.0 Å². The highest BCUT2D eigenvalue weighted by molar-refractivity contribution is 6.02. The van der Waals surface area contributed by atoms with Crippen LogP contribution in [0.15, 0.2) is 47.8 Å². The Morgan fingerprint density at radius 1 is 1.06 bits per heavy atom. The van der Waals surface area contributed by atoms with E-state index in [1.165, 1.54) is 11.1 Å². The smallest absolute Gasteiger partial charge is 0.225 e. The van der Waals surface area contributed by atoms with Crippen molar-refractivity contribution < 1.29 is 9.63 Å². The van der Waals surface area contributed by atoms with Crippen molar-refractivity contribution in [3.05, 3.63) is 59.3 Å². The van der Waals surface area contributed by atoms with E-state index < -0.39 is 0 Å². The number of hydrogen-bond donors (Lipinski definition) is 1. The minimum Gasteiger partial charge on any atom is -0.399 e. The second-order valence-electron chi connectivity index (χ2n) is 9.26. The van der Waals surface area contributed by atoms with Crippen LogP contribution in [0.2, 0.25) is 0 Å². The van der Waals surface area contributed by atoms with Crippen molar-refractivity contribution in [3.63, 3.8) is 0 Å². The van der Waals surface area contributed by atoms with E-state index in [4.69, 9.17) is 10.6 Å². The first-order valence-corrected chi connectivity index (χ1v) is 11.9. The van der Waals surface area contributed by atoms with E-state index in [0.717, 1.165) is 69.7 Å². The second-order valence-corrected chi connectivity index (χ2v) is 9.26. The fourth-order valence-electron chi connectivity index (χ4n) is 5.01. The number of nitrogens with zero attached hydrogens (tertiary/aromatic N) is 4. The standard InChI is InChI=1S/C26H35N5O2/c1-19-3-5-21(6-4-19)25(29-33-2)22-10-15-31(16-11-22)26(32)23-8-13-30(14-9-23)18-20-7-12-28-24(27)17-20/h3-7,12,17,22-23H,8-11,13-16,18H2,1-2H3,(H2,27,28). The van der Waals surface area contributed by atoms with Crippen LogP contribution < -0.4 is 5.73 Å². The third-order valence-corrected chi connectivity index (χ3v) is 6.92. The number of nitrogens with two attached hydrogens (primary N) is 1. The number of benzene rings is 1. The van der Waals surface area contributed by atoms with Crippen LogP contribution in [0.4, 0.5) is 5.82 Å². The largest absolute Gasteiger partial charge is 0.399 e. The van der Waals surface area contributed by atoms with Gasteiger partial charge in [0.15, 0.2) is 0 Å². The summed E-state index contributed by atoms with van der Waals surface area (Å²) < 4.78 is 0. The normalized spacial score (nSPS) is 19.0. The zero-order valence-corrected chi connectivity index (χ0v) is 19.7. The van der Waals surface area contributed by atoms with Crippen LogP contribution in [0.3, 0.4) is 0 Å². The fraction of sp³-hybridized carbons (Fsp3) is 0.500. The molecule has 0 unspecified atom stereocenters. The van der Waals surface area contributed by atoms with Gasteiger partial charge in [-0.3, -0.25) is 9.69 Å². The molecular weight excluding hydrogens is 414 g/mol. The van der Waals surface area contributed by atoms with Gasteiger partial charge in [0.25, 0.3) is 0 Å². The van der Waals surface area contributed by atoms with Crippen molar-refractivity contribution in [2.75, 3.05) is 39.0 Å². The lowest BCUT2D eigenvalue weighted by molar-refractivity contribution is -0.138. The number of carbonyl (C=O) groups excluding carboxylic acids is 1. The first kappa shape index (κ1) is 23.2. The van der Waals surface area contributed by atoms with Gasteiger partial charge in [0.1, 0.15) is 12.9 Å². The van der Waals surface area contributed by atoms with Gasteiger partial charge in [-0.1, -0.05) is 35.0 Å². The first-order chi connectivity index (χ1) is 16.0. The van der Waals surface area contributed by atoms with Gasteiger partial charge in [-0.05, 0) is 69.0 Å². The van der Waals surface area contributed by atoms with Crippen LogP contribution in [-0.4, -0.2) is 59.7 Å². The third-order valence-electron chi connectivity index (χ3n) is 6.92. The maximum absolute atomic E-state index is 13.2. The molecule has 2 N–H and O–H groups in total. The Kier molecular flexibility index (Phi) is 7.60. The molecule has 2 saturated heterocycles. The summed E-state index contributed by atoms with van der Waals surface area (Å²) in [6.07, 6.45) is 5.43. The summed E-state index contributed by atoms with van der Waals surface area (Å²) in [4.78, 5) is 26.9. The molecule has 7 nitrogen and oxygen atoms in total. The summed E-state index contributed by atoms with van der Waals surface area (Å²) in [5.74, 6) is 1.32. The first-order valence-electron chi connectivity index (χ1n) is 11.9. The maximum Gasteiger partial charge on any atom is 0.225 e. The maximum atomic E-state index is 13.2. The third kappa shape index (κ3) is 5.90. The lowest BCUT2D eigenvalue weighted by Crippen LogP contribution is -2.46. The molecule has 2 aliphatic rings. The number of amides is 1. The molecule has 0 atom stereocenters. The molecule has 176 valence electrons. The lowest BCUT2D eigenvalue weighted by Gasteiger charge is -2.37. The number of piperidine rings is 2. The molecule has 0 aliphatic carbocycles. The lowest BCUT2D eigenvalue weighted by atomic mass is 9.87. The molecule has 3 heterocycles. The van der Waals surface area contributed by atoms with Crippen LogP contribution >= 0.6 is 0 Å². The number of rotatable bonds is 6. The Morgan fingerprint density at radius 3 is 2.36 bits per heavy atom. The summed E-state index contributed by atoms with van der Waals surface area (Å²) in [5.41, 5.74) is 10.3. The Hall–Kier alpha value is -2.93. The molecule has 0 bridgehead atoms. The van der Waals surface area contributed by atoms with E-state index in [1.54, 1.807) is 13.3 Å². The SMILES string of the molecule is CON=C(c1ccc(C)cc1)C1CCN(C(=O)C2CCN(Cc3ccnc(N)c3)CC2)CC1. The molecule has 0 saturated carbocycles. The van der Waals surface area contributed by atoms with Crippen LogP contribution in [0, 0.1) is 18.8 Å². The summed E-state index contributed by atoms with van der Waals surface area (Å²) in [7, 11) is 1.60. The molecule has 2 aliphatic heterocycles. The number of pyridine rings is 1. The number of oxime groups is 1. The monoisotopic (exact) mass is 449 g/mol. The molecule has 33 heavy (non-hydrogen) atoms. The Labute approximate surface area is 196 Å². The Morgan fingerprint density at radius 2 is 1.73 bits per heavy atom. The number of anilines is 1. The quantitative estimate of drug-likeness (QED) is 0.539. The second kappa shape index (κ2) is 10.8. The van der Waals surface area contributed by atoms with Gasteiger partial charge in [0, 0.05) is 37.7 Å². The van der Waals surface area contributed by atoms with Gasteiger partial charge in [0.05, 0.1) is 5.71 Å². The van der Waals surface area contributed by atoms with Crippen LogP contribution in [-0.2, 0) is 16.2 Å². The van der Waals surface area contributed by atoms with Gasteiger partial charge >= 0.3 is 0 Å². The van der Waals surface area contributed by atoms with Gasteiger partial charge in [-0.2, -0.15) is 0 Å². The molecule has 7 heteroatoms. The number of likely N-dealkylation sites (tertiary alicyclic amines) is 2. The number of hydrogen-bond acceptors (Lipinski definition) is 6. The van der Waals surface area contributed by atoms with Crippen molar-refractivity contribution in [1.29, 1.82) is 0 Å². The summed E-state index contributed by atoms with van der Waals surface area (Å²) in [6, 6.07) is 12.4. The highest BCUT2D eigenvalue weighted by Crippen LogP contribution is 2.27. The molecule has 2 aromatic rings. The van der Waals surface area contributed by atoms with Crippen LogP contribution in [0.25, 0.3) is 0 Å². The van der Waals surface area contributed by atoms with Crippen LogP contribution in [0.1, 0.15) is 42.4 Å². The summed E-state index contributed by atoms with van der Waals surface area (Å²) in [5, 5.41) is 4.35. The van der Waals surface area contributed by atoms with E-state index in [-0.39, 0.29) is 5.92 Å². The van der Waals surface area contributed by atoms with Gasteiger partial charge in [-0.15, -0.1) is 0 Å². The predicted molar refractivity (Wildman–Crippen MR) is 131 cm³/mol. The van der Waals surface area contributed by atoms with E-state index in [9.17, 15) is 4.79 Å². The number of aromatic nitrogens is 1. The molecule has 0 spiro atoms. The Bertz CT molecular complexity index is 959. The van der Waals surface area contributed by atoms with Crippen molar-refractivity contribution in [2.45, 2.75) is 39.2 Å². The van der Waals surface area contributed by atoms with Crippen molar-refractivity contribution in [1.82, 2.24) is 14.8 Å². The van der Waals surface area contributed by atoms with E-state index >= 15 is 0 Å². The highest BCUT2D eigenvalue weighted by Gasteiger charge is 2.32. The number of carbonyl (C=O) groups is 1. The van der Waals surface area contributed by atoms with Crippen molar-refractivity contribution in [2.24, 2.45) is 17.0 Å². The molecule has 2 fully saturated rings. The molecule has 0 radical (unpaired) electrons. The van der Waals surface area contributed by atoms with Crippen molar-refractivity contribution in [3.8, 4) is 0 Å². The van der Waals surface area contributed by atoms with Gasteiger partial charge < -0.3 is 15.5 Å². The highest BCUT2D eigenvalue weighted by atomic mass is 16.6. The molecule has 4 rings (SSSR count). The summed E-state index contributed by atoms with van der Waals surface area (Å²) >= 11 is 0. The van der Waals surface area contributed by atoms with Gasteiger partial charge in [-0.25, -0.2) is 4.98 Å². The molecule has 1 aromatic carbocycles. The van der Waals surface area contributed by atoms with Crippen LogP contribution in [0.5, 0.6) is 0 Å². The van der Waals surface area contributed by atoms with E-state index in [0.29, 0.717) is 17.6 Å². The number of nitrogen functional groups attached to an aromatic ring is 1. The predicted octanol–water partition coefficient (Wildman–Crippen LogP) is 3.47. The van der Waals surface area contributed by atoms with Gasteiger partial charge in [0.2, 0.25) is 5.91 Å². The molecule has 1 aromatic heterocycles. The minimum absolute atomic E-state index is 0.129. The molecule has 1 amide bonds. The minimum atomic E-state index is 0.129. The van der Waals surface area contributed by atoms with Crippen molar-refractivity contribution >= 4 is 17.4 Å². The average Bonchev–Trinajstić information content (AvgIpc) is 2.83. The van der Waals surface area contributed by atoms with E-state index in [2.05, 4.69) is 51.1 Å². The molecular formula is C26H35N5O2.